The number of carbonyl (C=O) groups is 1. The Balaban J connectivity index is 2.27. The number of hydrogen-bond donors (Lipinski definition) is 0. The van der Waals surface area contributed by atoms with Crippen LogP contribution in [-0.2, 0) is 0 Å². The third-order valence-electron chi connectivity index (χ3n) is 2.82. The van der Waals surface area contributed by atoms with Crippen LogP contribution in [0.2, 0.25) is 0 Å². The molecule has 0 unspecified atom stereocenters. The van der Waals surface area contributed by atoms with E-state index in [4.69, 9.17) is 0 Å². The summed E-state index contributed by atoms with van der Waals surface area (Å²) in [7, 11) is 0. The maximum Gasteiger partial charge on any atom is 0.254 e. The van der Waals surface area contributed by atoms with E-state index in [2.05, 4.69) is 15.9 Å². The van der Waals surface area contributed by atoms with Crippen LogP contribution in [-0.4, -0.2) is 23.9 Å². The molecule has 0 aromatic heterocycles. The summed E-state index contributed by atoms with van der Waals surface area (Å²) in [6.45, 7) is 3.80. The maximum absolute atomic E-state index is 12.1. The highest BCUT2D eigenvalue weighted by Crippen LogP contribution is 2.19. The van der Waals surface area contributed by atoms with Gasteiger partial charge in [0.2, 0.25) is 0 Å². The van der Waals surface area contributed by atoms with Gasteiger partial charge in [0.15, 0.2) is 0 Å². The molecular weight excluding hydrogens is 254 g/mol. The van der Waals surface area contributed by atoms with Crippen molar-refractivity contribution in [3.63, 3.8) is 0 Å². The maximum atomic E-state index is 12.1. The molecule has 1 aliphatic rings. The van der Waals surface area contributed by atoms with Crippen molar-refractivity contribution in [3.05, 3.63) is 33.8 Å². The Bertz CT molecular complexity index is 383. The van der Waals surface area contributed by atoms with Gasteiger partial charge in [0, 0.05) is 23.1 Å². The number of rotatable bonds is 1. The average Bonchev–Trinajstić information content (AvgIpc) is 2.74. The number of carbonyl (C=O) groups excluding carboxylic acids is 1. The van der Waals surface area contributed by atoms with Crippen molar-refractivity contribution in [2.24, 2.45) is 0 Å². The van der Waals surface area contributed by atoms with Crippen LogP contribution >= 0.6 is 15.9 Å². The normalized spacial score (nSPS) is 15.7. The number of aryl methyl sites for hydroxylation is 1. The van der Waals surface area contributed by atoms with E-state index in [0.29, 0.717) is 0 Å². The Hall–Kier alpha value is -0.830. The van der Waals surface area contributed by atoms with Crippen molar-refractivity contribution in [1.29, 1.82) is 0 Å². The first-order chi connectivity index (χ1) is 7.18. The van der Waals surface area contributed by atoms with Gasteiger partial charge in [-0.2, -0.15) is 0 Å². The molecule has 1 heterocycles. The summed E-state index contributed by atoms with van der Waals surface area (Å²) < 4.78 is 0.968. The summed E-state index contributed by atoms with van der Waals surface area (Å²) in [6.07, 6.45) is 2.28. The van der Waals surface area contributed by atoms with Crippen LogP contribution in [0, 0.1) is 6.92 Å². The Kier molecular flexibility index (Phi) is 3.10. The minimum absolute atomic E-state index is 0.173. The second-order valence-corrected chi connectivity index (χ2v) is 4.87. The molecule has 1 aromatic rings. The van der Waals surface area contributed by atoms with Gasteiger partial charge < -0.3 is 4.90 Å². The van der Waals surface area contributed by atoms with Crippen LogP contribution < -0.4 is 0 Å². The van der Waals surface area contributed by atoms with Gasteiger partial charge in [0.1, 0.15) is 0 Å². The summed E-state index contributed by atoms with van der Waals surface area (Å²) in [5.74, 6) is 0.173. The number of likely N-dealkylation sites (tertiary alicyclic amines) is 1. The van der Waals surface area contributed by atoms with Crippen molar-refractivity contribution in [1.82, 2.24) is 4.90 Å². The molecule has 0 N–H and O–H groups in total. The molecule has 0 saturated carbocycles. The third kappa shape index (κ3) is 2.23. The number of benzene rings is 1. The first-order valence-corrected chi connectivity index (χ1v) is 6.03. The van der Waals surface area contributed by atoms with Gasteiger partial charge in [-0.25, -0.2) is 0 Å². The summed E-state index contributed by atoms with van der Waals surface area (Å²) in [5.41, 5.74) is 1.88. The van der Waals surface area contributed by atoms with Crippen molar-refractivity contribution < 1.29 is 4.79 Å². The highest BCUT2D eigenvalue weighted by Gasteiger charge is 2.20. The molecule has 2 nitrogen and oxygen atoms in total. The fourth-order valence-electron chi connectivity index (χ4n) is 1.92. The molecule has 2 rings (SSSR count). The molecule has 80 valence electrons. The van der Waals surface area contributed by atoms with E-state index >= 15 is 0 Å². The van der Waals surface area contributed by atoms with E-state index in [0.717, 1.165) is 41.5 Å². The van der Waals surface area contributed by atoms with E-state index in [1.807, 2.05) is 30.0 Å². The van der Waals surface area contributed by atoms with E-state index < -0.39 is 0 Å². The molecule has 0 bridgehead atoms. The van der Waals surface area contributed by atoms with Gasteiger partial charge in [0.05, 0.1) is 0 Å². The summed E-state index contributed by atoms with van der Waals surface area (Å²) >= 11 is 3.40. The van der Waals surface area contributed by atoms with Gasteiger partial charge in [-0.05, 0) is 37.5 Å². The van der Waals surface area contributed by atoms with Crippen molar-refractivity contribution in [2.75, 3.05) is 13.1 Å². The average molecular weight is 268 g/mol. The number of amides is 1. The summed E-state index contributed by atoms with van der Waals surface area (Å²) in [5, 5.41) is 0. The molecule has 1 aliphatic heterocycles. The Morgan fingerprint density at radius 1 is 1.33 bits per heavy atom. The predicted molar refractivity (Wildman–Crippen MR) is 64.0 cm³/mol. The molecular formula is C12H14BrNO. The van der Waals surface area contributed by atoms with Crippen LogP contribution in [0.15, 0.2) is 22.7 Å². The van der Waals surface area contributed by atoms with Crippen molar-refractivity contribution >= 4 is 21.8 Å². The zero-order valence-electron chi connectivity index (χ0n) is 8.79. The third-order valence-corrected chi connectivity index (χ3v) is 3.32. The number of hydrogen-bond acceptors (Lipinski definition) is 1. The second-order valence-electron chi connectivity index (χ2n) is 3.96. The first-order valence-electron chi connectivity index (χ1n) is 5.24. The van der Waals surface area contributed by atoms with Gasteiger partial charge in [-0.15, -0.1) is 0 Å². The zero-order chi connectivity index (χ0) is 10.8. The van der Waals surface area contributed by atoms with Gasteiger partial charge >= 0.3 is 0 Å². The Morgan fingerprint density at radius 2 is 2.00 bits per heavy atom. The molecule has 1 amide bonds. The van der Waals surface area contributed by atoms with Crippen LogP contribution in [0.25, 0.3) is 0 Å². The molecule has 1 saturated heterocycles. The van der Waals surface area contributed by atoms with Gasteiger partial charge in [0.25, 0.3) is 5.91 Å². The summed E-state index contributed by atoms with van der Waals surface area (Å²) in [6, 6.07) is 5.86. The fraction of sp³-hybridized carbons (Fsp3) is 0.417. The van der Waals surface area contributed by atoms with Crippen molar-refractivity contribution in [2.45, 2.75) is 19.8 Å². The molecule has 15 heavy (non-hydrogen) atoms. The van der Waals surface area contributed by atoms with E-state index in [1.54, 1.807) is 0 Å². The van der Waals surface area contributed by atoms with E-state index in [9.17, 15) is 4.79 Å². The largest absolute Gasteiger partial charge is 0.339 e. The topological polar surface area (TPSA) is 20.3 Å². The SMILES string of the molecule is Cc1ccc(Br)cc1C(=O)N1CCCC1. The number of nitrogens with zero attached hydrogens (tertiary/aromatic N) is 1. The van der Waals surface area contributed by atoms with E-state index in [1.165, 1.54) is 0 Å². The number of halogens is 1. The zero-order valence-corrected chi connectivity index (χ0v) is 10.4. The minimum atomic E-state index is 0.173. The standard InChI is InChI=1S/C12H14BrNO/c1-9-4-5-10(13)8-11(9)12(15)14-6-2-3-7-14/h4-5,8H,2-3,6-7H2,1H3. The smallest absolute Gasteiger partial charge is 0.254 e. The van der Waals surface area contributed by atoms with Crippen LogP contribution in [0.3, 0.4) is 0 Å². The van der Waals surface area contributed by atoms with Gasteiger partial charge in [-0.1, -0.05) is 22.0 Å². The molecule has 0 atom stereocenters. The molecule has 1 aromatic carbocycles. The molecule has 0 spiro atoms. The molecule has 0 aliphatic carbocycles. The fourth-order valence-corrected chi connectivity index (χ4v) is 2.28. The van der Waals surface area contributed by atoms with Crippen LogP contribution in [0.1, 0.15) is 28.8 Å². The Labute approximate surface area is 98.4 Å². The van der Waals surface area contributed by atoms with Crippen LogP contribution in [0.5, 0.6) is 0 Å². The predicted octanol–water partition coefficient (Wildman–Crippen LogP) is 2.99. The highest BCUT2D eigenvalue weighted by molar-refractivity contribution is 9.10. The monoisotopic (exact) mass is 267 g/mol. The quantitative estimate of drug-likeness (QED) is 0.766. The lowest BCUT2D eigenvalue weighted by atomic mass is 10.1. The molecule has 0 radical (unpaired) electrons. The lowest BCUT2D eigenvalue weighted by molar-refractivity contribution is 0.0792. The Morgan fingerprint density at radius 3 is 2.67 bits per heavy atom. The van der Waals surface area contributed by atoms with Crippen molar-refractivity contribution in [3.8, 4) is 0 Å². The highest BCUT2D eigenvalue weighted by atomic mass is 79.9. The van der Waals surface area contributed by atoms with Crippen LogP contribution in [0.4, 0.5) is 0 Å². The molecule has 1 fully saturated rings. The first kappa shape index (κ1) is 10.7. The van der Waals surface area contributed by atoms with Gasteiger partial charge in [-0.3, -0.25) is 4.79 Å². The van der Waals surface area contributed by atoms with E-state index in [-0.39, 0.29) is 5.91 Å². The minimum Gasteiger partial charge on any atom is -0.339 e. The lowest BCUT2D eigenvalue weighted by Gasteiger charge is -2.16. The molecule has 3 heteroatoms. The second kappa shape index (κ2) is 4.35. The summed E-state index contributed by atoms with van der Waals surface area (Å²) in [4.78, 5) is 14.1. The lowest BCUT2D eigenvalue weighted by Crippen LogP contribution is -2.28.